The Morgan fingerprint density at radius 1 is 1.52 bits per heavy atom. The van der Waals surface area contributed by atoms with Gasteiger partial charge in [-0.3, -0.25) is 9.78 Å². The van der Waals surface area contributed by atoms with Crippen molar-refractivity contribution in [3.8, 4) is 6.07 Å². The average Bonchev–Trinajstić information content (AvgIpc) is 3.12. The lowest BCUT2D eigenvalue weighted by Gasteiger charge is -2.22. The van der Waals surface area contributed by atoms with Crippen LogP contribution in [0, 0.1) is 17.2 Å². The summed E-state index contributed by atoms with van der Waals surface area (Å²) in [7, 11) is 0. The van der Waals surface area contributed by atoms with E-state index in [9.17, 15) is 14.9 Å². The molecule has 2 aromatic heterocycles. The highest BCUT2D eigenvalue weighted by Crippen LogP contribution is 2.39. The number of thiophene rings is 1. The van der Waals surface area contributed by atoms with Crippen LogP contribution in [-0.4, -0.2) is 41.3 Å². The van der Waals surface area contributed by atoms with Gasteiger partial charge in [-0.15, -0.1) is 11.3 Å². The van der Waals surface area contributed by atoms with Gasteiger partial charge in [0.25, 0.3) is 0 Å². The Labute approximate surface area is 184 Å². The summed E-state index contributed by atoms with van der Waals surface area (Å²) in [4.78, 5) is 29.1. The van der Waals surface area contributed by atoms with E-state index in [1.807, 2.05) is 6.07 Å². The number of nitrogens with zero attached hydrogens (tertiary/aromatic N) is 2. The van der Waals surface area contributed by atoms with E-state index in [0.717, 1.165) is 22.4 Å². The van der Waals surface area contributed by atoms with Crippen LogP contribution in [0.5, 0.6) is 0 Å². The summed E-state index contributed by atoms with van der Waals surface area (Å²) in [5, 5.41) is 24.5. The van der Waals surface area contributed by atoms with Crippen molar-refractivity contribution in [1.29, 1.82) is 5.26 Å². The number of alkyl carbamates (subject to hydrolysis) is 1. The normalized spacial score (nSPS) is 16.2. The van der Waals surface area contributed by atoms with E-state index < -0.39 is 6.09 Å². The van der Waals surface area contributed by atoms with Crippen LogP contribution in [0.2, 0.25) is 0 Å². The van der Waals surface area contributed by atoms with E-state index in [-0.39, 0.29) is 31.1 Å². The molecule has 2 aromatic rings. The number of anilines is 1. The summed E-state index contributed by atoms with van der Waals surface area (Å²) in [6.07, 6.45) is 8.00. The lowest BCUT2D eigenvalue weighted by molar-refractivity contribution is -0.111. The van der Waals surface area contributed by atoms with Crippen molar-refractivity contribution in [2.75, 3.05) is 18.5 Å². The SMILES string of the molecule is CC(CO)NC(=O)OCC1CCc2c(sc(NC(=O)/C=C/c3cccnc3)c2C#N)C1. The van der Waals surface area contributed by atoms with Gasteiger partial charge in [0, 0.05) is 23.3 Å². The Morgan fingerprint density at radius 2 is 2.35 bits per heavy atom. The minimum atomic E-state index is -0.551. The fourth-order valence-electron chi connectivity index (χ4n) is 3.28. The van der Waals surface area contributed by atoms with E-state index in [1.165, 1.54) is 17.4 Å². The minimum absolute atomic E-state index is 0.141. The van der Waals surface area contributed by atoms with Gasteiger partial charge < -0.3 is 20.5 Å². The molecule has 0 saturated heterocycles. The molecule has 2 atom stereocenters. The third kappa shape index (κ3) is 6.13. The first-order valence-corrected chi connectivity index (χ1v) is 10.8. The predicted octanol–water partition coefficient (Wildman–Crippen LogP) is 2.88. The Kier molecular flexibility index (Phi) is 7.76. The fourth-order valence-corrected chi connectivity index (χ4v) is 4.60. The maximum atomic E-state index is 12.3. The molecule has 0 bridgehead atoms. The number of hydrogen-bond donors (Lipinski definition) is 3. The van der Waals surface area contributed by atoms with E-state index in [4.69, 9.17) is 9.84 Å². The quantitative estimate of drug-likeness (QED) is 0.569. The molecule has 1 aliphatic rings. The Bertz CT molecular complexity index is 997. The average molecular weight is 441 g/mol. The molecule has 0 aromatic carbocycles. The number of aliphatic hydroxyl groups excluding tert-OH is 1. The van der Waals surface area contributed by atoms with E-state index >= 15 is 0 Å². The Balaban J connectivity index is 1.61. The number of aliphatic hydroxyl groups is 1. The first-order valence-electron chi connectivity index (χ1n) is 9.98. The number of amides is 2. The summed E-state index contributed by atoms with van der Waals surface area (Å²) in [5.41, 5.74) is 2.29. The van der Waals surface area contributed by atoms with Gasteiger partial charge in [0.05, 0.1) is 24.8 Å². The van der Waals surface area contributed by atoms with Gasteiger partial charge in [-0.05, 0) is 55.4 Å². The molecule has 0 spiro atoms. The highest BCUT2D eigenvalue weighted by atomic mass is 32.1. The molecular formula is C22H24N4O4S. The number of nitriles is 1. The van der Waals surface area contributed by atoms with Crippen LogP contribution in [0.4, 0.5) is 9.80 Å². The number of carbonyl (C=O) groups excluding carboxylic acids is 2. The zero-order chi connectivity index (χ0) is 22.2. The van der Waals surface area contributed by atoms with Crippen molar-refractivity contribution in [2.24, 2.45) is 5.92 Å². The van der Waals surface area contributed by atoms with Crippen molar-refractivity contribution in [2.45, 2.75) is 32.2 Å². The maximum Gasteiger partial charge on any atom is 0.407 e. The van der Waals surface area contributed by atoms with Crippen molar-refractivity contribution >= 4 is 34.4 Å². The molecule has 3 rings (SSSR count). The van der Waals surface area contributed by atoms with Crippen LogP contribution >= 0.6 is 11.3 Å². The summed E-state index contributed by atoms with van der Waals surface area (Å²) in [6, 6.07) is 5.49. The van der Waals surface area contributed by atoms with Crippen LogP contribution in [0.25, 0.3) is 6.08 Å². The largest absolute Gasteiger partial charge is 0.449 e. The molecule has 3 N–H and O–H groups in total. The van der Waals surface area contributed by atoms with Crippen molar-refractivity contribution in [3.05, 3.63) is 52.2 Å². The first kappa shape index (κ1) is 22.5. The highest BCUT2D eigenvalue weighted by Gasteiger charge is 2.27. The first-order chi connectivity index (χ1) is 15.0. The van der Waals surface area contributed by atoms with Crippen molar-refractivity contribution < 1.29 is 19.4 Å². The van der Waals surface area contributed by atoms with Crippen LogP contribution in [-0.2, 0) is 22.4 Å². The van der Waals surface area contributed by atoms with Gasteiger partial charge in [0.1, 0.15) is 11.1 Å². The van der Waals surface area contributed by atoms with Crippen LogP contribution in [0.1, 0.15) is 34.9 Å². The molecule has 8 nitrogen and oxygen atoms in total. The third-order valence-corrected chi connectivity index (χ3v) is 6.09. The van der Waals surface area contributed by atoms with Crippen LogP contribution < -0.4 is 10.6 Å². The van der Waals surface area contributed by atoms with Crippen LogP contribution in [0.3, 0.4) is 0 Å². The lowest BCUT2D eigenvalue weighted by Crippen LogP contribution is -2.36. The molecule has 31 heavy (non-hydrogen) atoms. The number of pyridine rings is 1. The van der Waals surface area contributed by atoms with Gasteiger partial charge in [0.15, 0.2) is 0 Å². The Morgan fingerprint density at radius 3 is 3.06 bits per heavy atom. The Hall–Kier alpha value is -3.22. The second-order valence-electron chi connectivity index (χ2n) is 7.36. The summed E-state index contributed by atoms with van der Waals surface area (Å²) in [6.45, 7) is 1.80. The summed E-state index contributed by atoms with van der Waals surface area (Å²) < 4.78 is 5.27. The molecule has 2 amide bonds. The standard InChI is InChI=1S/C22H24N4O4S/c1-14(12-27)25-22(29)30-13-16-4-6-17-18(10-23)21(31-19(17)9-16)26-20(28)7-5-15-3-2-8-24-11-15/h2-3,5,7-8,11,14,16,27H,4,6,9,12-13H2,1H3,(H,25,29)(H,26,28)/b7-5+. The number of carbonyl (C=O) groups is 2. The topological polar surface area (TPSA) is 124 Å². The molecule has 0 fully saturated rings. The lowest BCUT2D eigenvalue weighted by atomic mass is 9.88. The zero-order valence-electron chi connectivity index (χ0n) is 17.1. The monoisotopic (exact) mass is 440 g/mol. The van der Waals surface area contributed by atoms with E-state index in [1.54, 1.807) is 31.5 Å². The predicted molar refractivity (Wildman–Crippen MR) is 117 cm³/mol. The van der Waals surface area contributed by atoms with Crippen molar-refractivity contribution in [1.82, 2.24) is 10.3 Å². The van der Waals surface area contributed by atoms with Gasteiger partial charge in [-0.1, -0.05) is 6.07 Å². The zero-order valence-corrected chi connectivity index (χ0v) is 17.9. The van der Waals surface area contributed by atoms with E-state index in [0.29, 0.717) is 23.4 Å². The van der Waals surface area contributed by atoms with E-state index in [2.05, 4.69) is 21.7 Å². The molecule has 0 radical (unpaired) electrons. The van der Waals surface area contributed by atoms with Gasteiger partial charge >= 0.3 is 6.09 Å². The molecule has 1 aliphatic carbocycles. The molecule has 162 valence electrons. The maximum absolute atomic E-state index is 12.3. The van der Waals surface area contributed by atoms with Gasteiger partial charge in [-0.25, -0.2) is 4.79 Å². The number of aromatic nitrogens is 1. The molecule has 9 heteroatoms. The summed E-state index contributed by atoms with van der Waals surface area (Å²) >= 11 is 1.40. The number of hydrogen-bond acceptors (Lipinski definition) is 7. The molecular weight excluding hydrogens is 416 g/mol. The number of nitrogens with one attached hydrogen (secondary N) is 2. The molecule has 0 saturated carbocycles. The number of fused-ring (bicyclic) bond motifs is 1. The van der Waals surface area contributed by atoms with Gasteiger partial charge in [-0.2, -0.15) is 5.26 Å². The minimum Gasteiger partial charge on any atom is -0.449 e. The fraction of sp³-hybridized carbons (Fsp3) is 0.364. The number of ether oxygens (including phenoxy) is 1. The van der Waals surface area contributed by atoms with Crippen LogP contribution in [0.15, 0.2) is 30.6 Å². The molecule has 2 unspecified atom stereocenters. The summed E-state index contributed by atoms with van der Waals surface area (Å²) in [5.74, 6) is -0.171. The highest BCUT2D eigenvalue weighted by molar-refractivity contribution is 7.16. The molecule has 2 heterocycles. The smallest absolute Gasteiger partial charge is 0.407 e. The van der Waals surface area contributed by atoms with Crippen molar-refractivity contribution in [3.63, 3.8) is 0 Å². The second-order valence-corrected chi connectivity index (χ2v) is 8.47. The third-order valence-electron chi connectivity index (χ3n) is 4.92. The van der Waals surface area contributed by atoms with Gasteiger partial charge in [0.2, 0.25) is 5.91 Å². The second kappa shape index (κ2) is 10.7. The molecule has 0 aliphatic heterocycles. The number of rotatable bonds is 7.